The second-order valence-corrected chi connectivity index (χ2v) is 7.70. The van der Waals surface area contributed by atoms with E-state index in [1.807, 2.05) is 30.3 Å². The Kier molecular flexibility index (Phi) is 5.85. The third kappa shape index (κ3) is 4.72. The Morgan fingerprint density at radius 2 is 1.83 bits per heavy atom. The molecular formula is C17H18ClNO4S. The Hall–Kier alpha value is -2.05. The fourth-order valence-corrected chi connectivity index (χ4v) is 3.36. The van der Waals surface area contributed by atoms with Crippen molar-refractivity contribution in [1.82, 2.24) is 4.90 Å². The lowest BCUT2D eigenvalue weighted by molar-refractivity contribution is 0.0773. The lowest BCUT2D eigenvalue weighted by Gasteiger charge is -2.18. The fraction of sp³-hybridized carbons (Fsp3) is 0.235. The third-order valence-electron chi connectivity index (χ3n) is 3.36. The Balaban J connectivity index is 2.03. The molecule has 2 rings (SSSR count). The summed E-state index contributed by atoms with van der Waals surface area (Å²) in [6.07, 6.45) is 1.06. The SMILES string of the molecule is CN(CCOc1ccccc1)C(=O)c1ccc(Cl)c(S(C)(=O)=O)c1. The van der Waals surface area contributed by atoms with Gasteiger partial charge in [-0.2, -0.15) is 0 Å². The number of rotatable bonds is 6. The molecule has 2 aromatic carbocycles. The van der Waals surface area contributed by atoms with Gasteiger partial charge in [0.15, 0.2) is 9.84 Å². The molecule has 7 heteroatoms. The number of sulfone groups is 1. The molecule has 0 atom stereocenters. The van der Waals surface area contributed by atoms with E-state index in [-0.39, 0.29) is 21.4 Å². The first-order valence-corrected chi connectivity index (χ1v) is 9.49. The van der Waals surface area contributed by atoms with Crippen molar-refractivity contribution in [2.75, 3.05) is 26.5 Å². The molecule has 0 saturated heterocycles. The van der Waals surface area contributed by atoms with Crippen LogP contribution in [0, 0.1) is 0 Å². The molecule has 0 aromatic heterocycles. The number of halogens is 1. The average molecular weight is 368 g/mol. The van der Waals surface area contributed by atoms with Gasteiger partial charge in [0.25, 0.3) is 5.91 Å². The number of nitrogens with zero attached hydrogens (tertiary/aromatic N) is 1. The first-order valence-electron chi connectivity index (χ1n) is 7.22. The Bertz CT molecular complexity index is 822. The molecule has 0 aliphatic carbocycles. The molecule has 2 aromatic rings. The lowest BCUT2D eigenvalue weighted by Crippen LogP contribution is -2.31. The monoisotopic (exact) mass is 367 g/mol. The molecule has 5 nitrogen and oxygen atoms in total. The number of hydrogen-bond donors (Lipinski definition) is 0. The molecule has 0 radical (unpaired) electrons. The first kappa shape index (κ1) is 18.3. The molecule has 0 aliphatic rings. The predicted octanol–water partition coefficient (Wildman–Crippen LogP) is 2.89. The fourth-order valence-electron chi connectivity index (χ4n) is 2.06. The van der Waals surface area contributed by atoms with Crippen LogP contribution in [0.5, 0.6) is 5.75 Å². The van der Waals surface area contributed by atoms with Gasteiger partial charge in [-0.1, -0.05) is 29.8 Å². The van der Waals surface area contributed by atoms with Crippen molar-refractivity contribution in [2.45, 2.75) is 4.90 Å². The highest BCUT2D eigenvalue weighted by Crippen LogP contribution is 2.23. The standard InChI is InChI=1S/C17H18ClNO4S/c1-19(10-11-23-14-6-4-3-5-7-14)17(20)13-8-9-15(18)16(12-13)24(2,21)22/h3-9,12H,10-11H2,1-2H3. The number of benzene rings is 2. The van der Waals surface area contributed by atoms with Gasteiger partial charge in [-0.3, -0.25) is 4.79 Å². The molecule has 0 fully saturated rings. The summed E-state index contributed by atoms with van der Waals surface area (Å²) in [4.78, 5) is 13.8. The molecule has 24 heavy (non-hydrogen) atoms. The van der Waals surface area contributed by atoms with E-state index >= 15 is 0 Å². The highest BCUT2D eigenvalue weighted by Gasteiger charge is 2.18. The van der Waals surface area contributed by atoms with Crippen LogP contribution >= 0.6 is 11.6 Å². The molecule has 0 unspecified atom stereocenters. The molecule has 1 amide bonds. The van der Waals surface area contributed by atoms with Crippen LogP contribution in [0.1, 0.15) is 10.4 Å². The molecule has 0 aliphatic heterocycles. The minimum absolute atomic E-state index is 0.0519. The summed E-state index contributed by atoms with van der Waals surface area (Å²) in [5, 5.41) is 0.101. The maximum atomic E-state index is 12.4. The molecule has 0 bridgehead atoms. The van der Waals surface area contributed by atoms with E-state index in [0.717, 1.165) is 12.0 Å². The van der Waals surface area contributed by atoms with Gasteiger partial charge >= 0.3 is 0 Å². The van der Waals surface area contributed by atoms with E-state index in [2.05, 4.69) is 0 Å². The molecule has 0 heterocycles. The summed E-state index contributed by atoms with van der Waals surface area (Å²) in [6, 6.07) is 13.5. The number of carbonyl (C=O) groups excluding carboxylic acids is 1. The van der Waals surface area contributed by atoms with Gasteiger partial charge in [-0.05, 0) is 30.3 Å². The molecule has 0 saturated carbocycles. The quantitative estimate of drug-likeness (QED) is 0.787. The number of hydrogen-bond acceptors (Lipinski definition) is 4. The van der Waals surface area contributed by atoms with Gasteiger partial charge in [0.1, 0.15) is 12.4 Å². The van der Waals surface area contributed by atoms with Crippen molar-refractivity contribution in [3.8, 4) is 5.75 Å². The second-order valence-electron chi connectivity index (χ2n) is 5.31. The van der Waals surface area contributed by atoms with E-state index < -0.39 is 9.84 Å². The smallest absolute Gasteiger partial charge is 0.253 e. The predicted molar refractivity (Wildman–Crippen MR) is 93.5 cm³/mol. The van der Waals surface area contributed by atoms with Crippen molar-refractivity contribution >= 4 is 27.3 Å². The van der Waals surface area contributed by atoms with Crippen molar-refractivity contribution < 1.29 is 17.9 Å². The van der Waals surface area contributed by atoms with E-state index in [9.17, 15) is 13.2 Å². The normalized spacial score (nSPS) is 11.1. The summed E-state index contributed by atoms with van der Waals surface area (Å²) in [5.74, 6) is 0.428. The Morgan fingerprint density at radius 1 is 1.17 bits per heavy atom. The summed E-state index contributed by atoms with van der Waals surface area (Å²) >= 11 is 5.89. The third-order valence-corrected chi connectivity index (χ3v) is 4.94. The van der Waals surface area contributed by atoms with Crippen molar-refractivity contribution in [3.63, 3.8) is 0 Å². The number of amides is 1. The second kappa shape index (κ2) is 7.68. The number of ether oxygens (including phenoxy) is 1. The maximum absolute atomic E-state index is 12.4. The van der Waals surface area contributed by atoms with Gasteiger partial charge in [-0.25, -0.2) is 8.42 Å². The van der Waals surface area contributed by atoms with Gasteiger partial charge in [0.2, 0.25) is 0 Å². The highest BCUT2D eigenvalue weighted by atomic mass is 35.5. The van der Waals surface area contributed by atoms with Crippen LogP contribution in [-0.4, -0.2) is 45.7 Å². The zero-order chi connectivity index (χ0) is 17.7. The molecular weight excluding hydrogens is 350 g/mol. The van der Waals surface area contributed by atoms with Crippen LogP contribution in [0.2, 0.25) is 5.02 Å². The van der Waals surface area contributed by atoms with E-state index in [4.69, 9.17) is 16.3 Å². The van der Waals surface area contributed by atoms with Gasteiger partial charge < -0.3 is 9.64 Å². The Labute approximate surface area is 146 Å². The topological polar surface area (TPSA) is 63.7 Å². The molecule has 0 spiro atoms. The van der Waals surface area contributed by atoms with Crippen molar-refractivity contribution in [1.29, 1.82) is 0 Å². The zero-order valence-corrected chi connectivity index (χ0v) is 15.0. The van der Waals surface area contributed by atoms with Crippen LogP contribution in [0.3, 0.4) is 0 Å². The summed E-state index contributed by atoms with van der Waals surface area (Å²) in [7, 11) is -1.87. The van der Waals surface area contributed by atoms with Crippen molar-refractivity contribution in [3.05, 3.63) is 59.1 Å². The van der Waals surface area contributed by atoms with Crippen LogP contribution in [0.4, 0.5) is 0 Å². The summed E-state index contributed by atoms with van der Waals surface area (Å²) < 4.78 is 28.9. The minimum Gasteiger partial charge on any atom is -0.492 e. The van der Waals surface area contributed by atoms with Gasteiger partial charge in [-0.15, -0.1) is 0 Å². The minimum atomic E-state index is -3.50. The average Bonchev–Trinajstić information content (AvgIpc) is 2.54. The number of para-hydroxylation sites is 1. The molecule has 0 N–H and O–H groups in total. The lowest BCUT2D eigenvalue weighted by atomic mass is 10.2. The molecule has 128 valence electrons. The van der Waals surface area contributed by atoms with E-state index in [0.29, 0.717) is 13.2 Å². The zero-order valence-electron chi connectivity index (χ0n) is 13.4. The first-order chi connectivity index (χ1) is 11.3. The summed E-state index contributed by atoms with van der Waals surface area (Å²) in [5.41, 5.74) is 0.266. The summed E-state index contributed by atoms with van der Waals surface area (Å²) in [6.45, 7) is 0.698. The highest BCUT2D eigenvalue weighted by molar-refractivity contribution is 7.90. The van der Waals surface area contributed by atoms with E-state index in [1.165, 1.54) is 23.1 Å². The number of carbonyl (C=O) groups is 1. The van der Waals surface area contributed by atoms with Crippen LogP contribution < -0.4 is 4.74 Å². The van der Waals surface area contributed by atoms with Crippen molar-refractivity contribution in [2.24, 2.45) is 0 Å². The van der Waals surface area contributed by atoms with Gasteiger partial charge in [0.05, 0.1) is 16.5 Å². The van der Waals surface area contributed by atoms with Crippen LogP contribution in [0.25, 0.3) is 0 Å². The van der Waals surface area contributed by atoms with Gasteiger partial charge in [0, 0.05) is 18.9 Å². The van der Waals surface area contributed by atoms with E-state index in [1.54, 1.807) is 7.05 Å². The number of likely N-dealkylation sites (N-methyl/N-ethyl adjacent to an activating group) is 1. The van der Waals surface area contributed by atoms with Crippen LogP contribution in [-0.2, 0) is 9.84 Å². The van der Waals surface area contributed by atoms with Crippen LogP contribution in [0.15, 0.2) is 53.4 Å². The Morgan fingerprint density at radius 3 is 2.46 bits per heavy atom. The largest absolute Gasteiger partial charge is 0.492 e. The maximum Gasteiger partial charge on any atom is 0.253 e.